The lowest BCUT2D eigenvalue weighted by molar-refractivity contribution is -0.245. The Morgan fingerprint density at radius 3 is 2.29 bits per heavy atom. The van der Waals surface area contributed by atoms with Crippen LogP contribution in [-0.4, -0.2) is 59.6 Å². The molecular formula is C32H38N2O7S. The van der Waals surface area contributed by atoms with Crippen molar-refractivity contribution in [3.8, 4) is 0 Å². The van der Waals surface area contributed by atoms with Crippen molar-refractivity contribution in [2.75, 3.05) is 25.2 Å². The van der Waals surface area contributed by atoms with Gasteiger partial charge >= 0.3 is 12.0 Å². The standard InChI is InChI=1S/C32H38N2O7S/c1-39-30(37)28(17-22-5-3-2-4-6-22)34-32(38)33-19-23-7-13-26(14-8-23)31-40-27(21-42-16-15-35)18-29(41-31)25-11-9-24(20-36)10-12-25/h2-14,27-29,31,35-36H,15-21H2,1H3,(H2,33,34,38). The van der Waals surface area contributed by atoms with Crippen LogP contribution in [0.1, 0.15) is 46.6 Å². The Balaban J connectivity index is 1.36. The number of ether oxygens (including phenoxy) is 3. The van der Waals surface area contributed by atoms with Gasteiger partial charge in [0.2, 0.25) is 0 Å². The third kappa shape index (κ3) is 9.30. The van der Waals surface area contributed by atoms with Crippen LogP contribution < -0.4 is 10.6 Å². The third-order valence-corrected chi connectivity index (χ3v) is 8.01. The van der Waals surface area contributed by atoms with Crippen molar-refractivity contribution in [1.82, 2.24) is 10.6 Å². The van der Waals surface area contributed by atoms with Crippen LogP contribution in [0, 0.1) is 0 Å². The molecule has 1 heterocycles. The minimum Gasteiger partial charge on any atom is -0.467 e. The number of rotatable bonds is 13. The molecule has 3 aromatic carbocycles. The Morgan fingerprint density at radius 1 is 0.929 bits per heavy atom. The van der Waals surface area contributed by atoms with Gasteiger partial charge in [-0.05, 0) is 22.3 Å². The van der Waals surface area contributed by atoms with Crippen molar-refractivity contribution in [1.29, 1.82) is 0 Å². The second-order valence-corrected chi connectivity index (χ2v) is 11.1. The van der Waals surface area contributed by atoms with E-state index in [2.05, 4.69) is 10.6 Å². The Morgan fingerprint density at radius 2 is 1.62 bits per heavy atom. The fourth-order valence-corrected chi connectivity index (χ4v) is 5.44. The molecule has 0 radical (unpaired) electrons. The van der Waals surface area contributed by atoms with Crippen LogP contribution in [0.5, 0.6) is 0 Å². The van der Waals surface area contributed by atoms with E-state index >= 15 is 0 Å². The maximum absolute atomic E-state index is 12.6. The summed E-state index contributed by atoms with van der Waals surface area (Å²) >= 11 is 1.64. The molecule has 4 unspecified atom stereocenters. The Kier molecular flexibility index (Phi) is 12.2. The van der Waals surface area contributed by atoms with Gasteiger partial charge in [0.25, 0.3) is 0 Å². The maximum atomic E-state index is 12.6. The normalized spacial score (nSPS) is 19.1. The zero-order valence-corrected chi connectivity index (χ0v) is 24.4. The predicted octanol–water partition coefficient (Wildman–Crippen LogP) is 4.03. The van der Waals surface area contributed by atoms with E-state index in [1.54, 1.807) is 11.8 Å². The van der Waals surface area contributed by atoms with Gasteiger partial charge in [0.15, 0.2) is 6.29 Å². The molecule has 0 aromatic heterocycles. The fraction of sp³-hybridized carbons (Fsp3) is 0.375. The first-order valence-corrected chi connectivity index (χ1v) is 15.1. The number of aliphatic hydroxyl groups is 2. The first-order valence-electron chi connectivity index (χ1n) is 13.9. The van der Waals surface area contributed by atoms with E-state index in [0.29, 0.717) is 18.6 Å². The van der Waals surface area contributed by atoms with Crippen molar-refractivity contribution >= 4 is 23.8 Å². The van der Waals surface area contributed by atoms with Gasteiger partial charge in [0.05, 0.1) is 32.5 Å². The van der Waals surface area contributed by atoms with Crippen LogP contribution in [0.4, 0.5) is 4.79 Å². The minimum atomic E-state index is -0.809. The molecule has 1 aliphatic rings. The molecule has 0 bridgehead atoms. The number of carbonyl (C=O) groups excluding carboxylic acids is 2. The first-order chi connectivity index (χ1) is 20.5. The predicted molar refractivity (Wildman–Crippen MR) is 161 cm³/mol. The van der Waals surface area contributed by atoms with Crippen LogP contribution in [0.2, 0.25) is 0 Å². The fourth-order valence-electron chi connectivity index (χ4n) is 4.67. The van der Waals surface area contributed by atoms with Gasteiger partial charge in [-0.1, -0.05) is 78.9 Å². The number of carbonyl (C=O) groups is 2. The summed E-state index contributed by atoms with van der Waals surface area (Å²) in [5.74, 6) is 0.865. The van der Waals surface area contributed by atoms with Gasteiger partial charge in [-0.25, -0.2) is 9.59 Å². The average molecular weight is 595 g/mol. The molecule has 1 aliphatic heterocycles. The highest BCUT2D eigenvalue weighted by atomic mass is 32.2. The van der Waals surface area contributed by atoms with E-state index in [-0.39, 0.29) is 32.0 Å². The third-order valence-electron chi connectivity index (χ3n) is 6.93. The van der Waals surface area contributed by atoms with Crippen LogP contribution in [0.3, 0.4) is 0 Å². The van der Waals surface area contributed by atoms with E-state index in [4.69, 9.17) is 14.2 Å². The lowest BCUT2D eigenvalue weighted by Crippen LogP contribution is -2.47. The van der Waals surface area contributed by atoms with Crippen LogP contribution in [-0.2, 0) is 38.6 Å². The Labute approximate surface area is 250 Å². The van der Waals surface area contributed by atoms with Crippen molar-refractivity contribution < 1.29 is 34.0 Å². The molecule has 0 aliphatic carbocycles. The maximum Gasteiger partial charge on any atom is 0.328 e. The van der Waals surface area contributed by atoms with Gasteiger partial charge in [0, 0.05) is 36.5 Å². The summed E-state index contributed by atoms with van der Waals surface area (Å²) in [6.45, 7) is 0.367. The van der Waals surface area contributed by atoms with Crippen LogP contribution in [0.25, 0.3) is 0 Å². The monoisotopic (exact) mass is 594 g/mol. The molecule has 9 nitrogen and oxygen atoms in total. The number of hydrogen-bond donors (Lipinski definition) is 4. The summed E-state index contributed by atoms with van der Waals surface area (Å²) in [6, 6.07) is 23.5. The number of nitrogens with one attached hydrogen (secondary N) is 2. The summed E-state index contributed by atoms with van der Waals surface area (Å²) in [4.78, 5) is 24.8. The van der Waals surface area contributed by atoms with Gasteiger partial charge < -0.3 is 35.1 Å². The number of esters is 1. The van der Waals surface area contributed by atoms with Crippen molar-refractivity contribution in [2.24, 2.45) is 0 Å². The lowest BCUT2D eigenvalue weighted by Gasteiger charge is -2.36. The van der Waals surface area contributed by atoms with Crippen LogP contribution >= 0.6 is 11.8 Å². The highest BCUT2D eigenvalue weighted by Crippen LogP contribution is 2.38. The smallest absolute Gasteiger partial charge is 0.328 e. The average Bonchev–Trinajstić information content (AvgIpc) is 3.04. The molecule has 4 rings (SSSR count). The van der Waals surface area contributed by atoms with Crippen LogP contribution in [0.15, 0.2) is 78.9 Å². The zero-order chi connectivity index (χ0) is 29.7. The second kappa shape index (κ2) is 16.3. The quantitative estimate of drug-likeness (QED) is 0.173. The van der Waals surface area contributed by atoms with Crippen molar-refractivity contribution in [2.45, 2.75) is 50.5 Å². The molecule has 0 saturated carbocycles. The molecule has 10 heteroatoms. The number of amides is 2. The summed E-state index contributed by atoms with van der Waals surface area (Å²) in [5.41, 5.74) is 4.49. The van der Waals surface area contributed by atoms with Crippen molar-refractivity contribution in [3.63, 3.8) is 0 Å². The summed E-state index contributed by atoms with van der Waals surface area (Å²) in [6.07, 6.45) is 0.182. The minimum absolute atomic E-state index is 0.0135. The van der Waals surface area contributed by atoms with E-state index < -0.39 is 24.3 Å². The number of benzene rings is 3. The topological polar surface area (TPSA) is 126 Å². The number of aliphatic hydroxyl groups excluding tert-OH is 2. The van der Waals surface area contributed by atoms with E-state index in [1.807, 2.05) is 78.9 Å². The molecule has 2 amide bonds. The number of methoxy groups -OCH3 is 1. The SMILES string of the molecule is COC(=O)C(Cc1ccccc1)NC(=O)NCc1ccc(C2OC(CSCCO)CC(c3ccc(CO)cc3)O2)cc1. The number of hydrogen-bond acceptors (Lipinski definition) is 8. The van der Waals surface area contributed by atoms with Gasteiger partial charge in [-0.15, -0.1) is 0 Å². The molecule has 1 fully saturated rings. The molecule has 3 aromatic rings. The molecule has 224 valence electrons. The summed E-state index contributed by atoms with van der Waals surface area (Å²) < 4.78 is 17.5. The van der Waals surface area contributed by atoms with Gasteiger partial charge in [-0.2, -0.15) is 11.8 Å². The highest BCUT2D eigenvalue weighted by Gasteiger charge is 2.32. The van der Waals surface area contributed by atoms with E-state index in [9.17, 15) is 19.8 Å². The molecule has 4 N–H and O–H groups in total. The number of urea groups is 1. The molecule has 0 spiro atoms. The summed E-state index contributed by atoms with van der Waals surface area (Å²) in [7, 11) is 1.30. The van der Waals surface area contributed by atoms with E-state index in [1.165, 1.54) is 7.11 Å². The lowest BCUT2D eigenvalue weighted by atomic mass is 10.0. The summed E-state index contributed by atoms with van der Waals surface area (Å²) in [5, 5.41) is 24.1. The van der Waals surface area contributed by atoms with Gasteiger partial charge in [0.1, 0.15) is 6.04 Å². The molecule has 1 saturated heterocycles. The van der Waals surface area contributed by atoms with E-state index in [0.717, 1.165) is 33.6 Å². The second-order valence-electron chi connectivity index (χ2n) is 9.98. The molecular weight excluding hydrogens is 556 g/mol. The highest BCUT2D eigenvalue weighted by molar-refractivity contribution is 7.99. The number of thioether (sulfide) groups is 1. The largest absolute Gasteiger partial charge is 0.467 e. The van der Waals surface area contributed by atoms with Gasteiger partial charge in [-0.3, -0.25) is 0 Å². The molecule has 4 atom stereocenters. The first kappa shape index (κ1) is 31.5. The Bertz CT molecular complexity index is 1260. The Hall–Kier alpha value is -3.41. The van der Waals surface area contributed by atoms with Crippen molar-refractivity contribution in [3.05, 3.63) is 107 Å². The zero-order valence-electron chi connectivity index (χ0n) is 23.6. The molecule has 42 heavy (non-hydrogen) atoms.